The van der Waals surface area contributed by atoms with Crippen molar-refractivity contribution in [2.75, 3.05) is 18.0 Å². The summed E-state index contributed by atoms with van der Waals surface area (Å²) in [5.41, 5.74) is 9.26. The second kappa shape index (κ2) is 5.96. The molecule has 2 nitrogen and oxygen atoms in total. The number of rotatable bonds is 6. The van der Waals surface area contributed by atoms with Gasteiger partial charge in [0.15, 0.2) is 0 Å². The molecule has 1 aromatic rings. The van der Waals surface area contributed by atoms with E-state index < -0.39 is 0 Å². The van der Waals surface area contributed by atoms with Gasteiger partial charge in [-0.25, -0.2) is 0 Å². The van der Waals surface area contributed by atoms with E-state index in [1.807, 2.05) is 0 Å². The first kappa shape index (κ1) is 14.4. The van der Waals surface area contributed by atoms with Crippen LogP contribution >= 0.6 is 0 Å². The minimum absolute atomic E-state index is 0.141. The van der Waals surface area contributed by atoms with E-state index in [9.17, 15) is 0 Å². The number of nitrogens with two attached hydrogens (primary N) is 1. The molecule has 0 amide bonds. The van der Waals surface area contributed by atoms with Gasteiger partial charge in [0.1, 0.15) is 0 Å². The predicted molar refractivity (Wildman–Crippen MR) is 83.6 cm³/mol. The van der Waals surface area contributed by atoms with E-state index in [0.29, 0.717) is 0 Å². The average molecular weight is 260 g/mol. The lowest BCUT2D eigenvalue weighted by Crippen LogP contribution is -2.54. The Bertz CT molecular complexity index is 409. The fourth-order valence-electron chi connectivity index (χ4n) is 3.41. The molecule has 0 saturated carbocycles. The Morgan fingerprint density at radius 3 is 2.68 bits per heavy atom. The van der Waals surface area contributed by atoms with Crippen molar-refractivity contribution >= 4 is 5.69 Å². The lowest BCUT2D eigenvalue weighted by molar-refractivity contribution is 0.301. The Hall–Kier alpha value is -1.02. The smallest absolute Gasteiger partial charge is 0.0524 e. The summed E-state index contributed by atoms with van der Waals surface area (Å²) in [4.78, 5) is 2.59. The first-order chi connectivity index (χ1) is 9.16. The van der Waals surface area contributed by atoms with Gasteiger partial charge in [-0.3, -0.25) is 0 Å². The molecule has 1 heterocycles. The Morgan fingerprint density at radius 1 is 1.32 bits per heavy atom. The van der Waals surface area contributed by atoms with Crippen molar-refractivity contribution in [1.29, 1.82) is 0 Å². The van der Waals surface area contributed by atoms with Gasteiger partial charge >= 0.3 is 0 Å². The van der Waals surface area contributed by atoms with Crippen molar-refractivity contribution in [3.8, 4) is 0 Å². The largest absolute Gasteiger partial charge is 0.364 e. The highest BCUT2D eigenvalue weighted by atomic mass is 15.2. The standard InChI is InChI=1S/C17H28N2/c1-4-14(3)12-17(5-2,13-18)19-11-10-15-8-6-7-9-16(15)19/h6-9,14H,4-5,10-13,18H2,1-3H3. The van der Waals surface area contributed by atoms with E-state index in [-0.39, 0.29) is 5.54 Å². The molecule has 0 aliphatic carbocycles. The zero-order valence-corrected chi connectivity index (χ0v) is 12.7. The number of hydrogen-bond donors (Lipinski definition) is 1. The molecule has 1 aromatic carbocycles. The van der Waals surface area contributed by atoms with Crippen LogP contribution in [0.4, 0.5) is 5.69 Å². The van der Waals surface area contributed by atoms with Crippen molar-refractivity contribution in [2.45, 2.75) is 52.0 Å². The second-order valence-electron chi connectivity index (χ2n) is 6.03. The number of benzene rings is 1. The maximum Gasteiger partial charge on any atom is 0.0524 e. The molecular formula is C17H28N2. The summed E-state index contributed by atoms with van der Waals surface area (Å²) >= 11 is 0. The molecule has 2 unspecified atom stereocenters. The van der Waals surface area contributed by atoms with Gasteiger partial charge in [-0.1, -0.05) is 45.4 Å². The zero-order valence-electron chi connectivity index (χ0n) is 12.7. The van der Waals surface area contributed by atoms with E-state index in [1.165, 1.54) is 30.5 Å². The molecule has 2 heteroatoms. The quantitative estimate of drug-likeness (QED) is 0.847. The summed E-state index contributed by atoms with van der Waals surface area (Å²) in [6.07, 6.45) is 4.72. The fourth-order valence-corrected chi connectivity index (χ4v) is 3.41. The summed E-state index contributed by atoms with van der Waals surface area (Å²) in [6.45, 7) is 8.79. The Kier molecular flexibility index (Phi) is 4.51. The Morgan fingerprint density at radius 2 is 2.05 bits per heavy atom. The highest BCUT2D eigenvalue weighted by molar-refractivity contribution is 5.60. The van der Waals surface area contributed by atoms with Gasteiger partial charge in [-0.2, -0.15) is 0 Å². The van der Waals surface area contributed by atoms with E-state index in [0.717, 1.165) is 25.4 Å². The van der Waals surface area contributed by atoms with Crippen LogP contribution in [0.3, 0.4) is 0 Å². The SMILES string of the molecule is CCC(C)CC(CC)(CN)N1CCc2ccccc21. The van der Waals surface area contributed by atoms with E-state index in [1.54, 1.807) is 0 Å². The Labute approximate surface area is 118 Å². The van der Waals surface area contributed by atoms with Crippen LogP contribution in [0.1, 0.15) is 45.6 Å². The molecule has 0 saturated heterocycles. The molecule has 0 fully saturated rings. The molecule has 0 aromatic heterocycles. The van der Waals surface area contributed by atoms with E-state index >= 15 is 0 Å². The summed E-state index contributed by atoms with van der Waals surface area (Å²) in [6, 6.07) is 8.82. The minimum atomic E-state index is 0.141. The lowest BCUT2D eigenvalue weighted by Gasteiger charge is -2.44. The van der Waals surface area contributed by atoms with Gasteiger partial charge in [-0.15, -0.1) is 0 Å². The van der Waals surface area contributed by atoms with Gasteiger partial charge in [0.05, 0.1) is 5.54 Å². The number of anilines is 1. The van der Waals surface area contributed by atoms with Crippen LogP contribution in [0.2, 0.25) is 0 Å². The van der Waals surface area contributed by atoms with E-state index in [4.69, 9.17) is 5.73 Å². The first-order valence-electron chi connectivity index (χ1n) is 7.72. The number of para-hydroxylation sites is 1. The molecule has 2 N–H and O–H groups in total. The van der Waals surface area contributed by atoms with Crippen LogP contribution in [-0.2, 0) is 6.42 Å². The predicted octanol–water partition coefficient (Wildman–Crippen LogP) is 3.59. The monoisotopic (exact) mass is 260 g/mol. The summed E-state index contributed by atoms with van der Waals surface area (Å²) in [5.74, 6) is 0.733. The van der Waals surface area contributed by atoms with Crippen molar-refractivity contribution in [3.63, 3.8) is 0 Å². The molecule has 106 valence electrons. The molecule has 2 rings (SSSR count). The van der Waals surface area contributed by atoms with Gasteiger partial charge in [0, 0.05) is 18.8 Å². The summed E-state index contributed by atoms with van der Waals surface area (Å²) in [5, 5.41) is 0. The van der Waals surface area contributed by atoms with Gasteiger partial charge in [0.25, 0.3) is 0 Å². The fraction of sp³-hybridized carbons (Fsp3) is 0.647. The van der Waals surface area contributed by atoms with Crippen molar-refractivity contribution in [2.24, 2.45) is 11.7 Å². The van der Waals surface area contributed by atoms with Crippen molar-refractivity contribution in [1.82, 2.24) is 0 Å². The van der Waals surface area contributed by atoms with Crippen LogP contribution in [-0.4, -0.2) is 18.6 Å². The second-order valence-corrected chi connectivity index (χ2v) is 6.03. The summed E-state index contributed by atoms with van der Waals surface area (Å²) < 4.78 is 0. The third-order valence-corrected chi connectivity index (χ3v) is 4.92. The van der Waals surface area contributed by atoms with Crippen molar-refractivity contribution < 1.29 is 0 Å². The van der Waals surface area contributed by atoms with Gasteiger partial charge in [0.2, 0.25) is 0 Å². The molecule has 2 atom stereocenters. The highest BCUT2D eigenvalue weighted by Crippen LogP contribution is 2.38. The van der Waals surface area contributed by atoms with Crippen molar-refractivity contribution in [3.05, 3.63) is 29.8 Å². The topological polar surface area (TPSA) is 29.3 Å². The zero-order chi connectivity index (χ0) is 13.9. The molecule has 1 aliphatic heterocycles. The van der Waals surface area contributed by atoms with E-state index in [2.05, 4.69) is 49.9 Å². The minimum Gasteiger partial charge on any atom is -0.364 e. The normalized spacial score (nSPS) is 19.1. The van der Waals surface area contributed by atoms with Crippen LogP contribution in [0.25, 0.3) is 0 Å². The third kappa shape index (κ3) is 2.64. The molecule has 0 bridgehead atoms. The molecule has 0 spiro atoms. The maximum absolute atomic E-state index is 6.22. The van der Waals surface area contributed by atoms with Gasteiger partial charge < -0.3 is 10.6 Å². The molecule has 1 aliphatic rings. The van der Waals surface area contributed by atoms with Crippen LogP contribution < -0.4 is 10.6 Å². The van der Waals surface area contributed by atoms with Gasteiger partial charge in [-0.05, 0) is 36.8 Å². The molecule has 19 heavy (non-hydrogen) atoms. The highest BCUT2D eigenvalue weighted by Gasteiger charge is 2.38. The first-order valence-corrected chi connectivity index (χ1v) is 7.72. The van der Waals surface area contributed by atoms with Crippen LogP contribution in [0, 0.1) is 5.92 Å². The average Bonchev–Trinajstić information content (AvgIpc) is 2.89. The number of hydrogen-bond acceptors (Lipinski definition) is 2. The molecule has 0 radical (unpaired) electrons. The molecular weight excluding hydrogens is 232 g/mol. The van der Waals surface area contributed by atoms with Crippen LogP contribution in [0.15, 0.2) is 24.3 Å². The summed E-state index contributed by atoms with van der Waals surface area (Å²) in [7, 11) is 0. The third-order valence-electron chi connectivity index (χ3n) is 4.92. The number of fused-ring (bicyclic) bond motifs is 1. The lowest BCUT2D eigenvalue weighted by atomic mass is 9.83. The van der Waals surface area contributed by atoms with Crippen LogP contribution in [0.5, 0.6) is 0 Å². The number of nitrogens with zero attached hydrogens (tertiary/aromatic N) is 1. The Balaban J connectivity index is 2.30. The maximum atomic E-state index is 6.22.